The van der Waals surface area contributed by atoms with E-state index in [0.717, 1.165) is 23.1 Å². The van der Waals surface area contributed by atoms with Crippen molar-refractivity contribution in [3.05, 3.63) is 33.8 Å². The predicted molar refractivity (Wildman–Crippen MR) is 125 cm³/mol. The SMILES string of the molecule is COC(=O)CSc1nnc(NC(=O)[C@@H]2CCCN(S(=O)(=O)Cc3c(Cl)cccc3Cl)C2)s1. The highest BCUT2D eigenvalue weighted by Gasteiger charge is 2.33. The van der Waals surface area contributed by atoms with Crippen molar-refractivity contribution in [3.63, 3.8) is 0 Å². The van der Waals surface area contributed by atoms with Crippen molar-refractivity contribution in [1.29, 1.82) is 0 Å². The third kappa shape index (κ3) is 6.55. The Balaban J connectivity index is 1.61. The van der Waals surface area contributed by atoms with E-state index in [2.05, 4.69) is 20.3 Å². The molecule has 0 unspecified atom stereocenters. The number of rotatable bonds is 8. The Morgan fingerprint density at radius 3 is 2.72 bits per heavy atom. The van der Waals surface area contributed by atoms with Crippen LogP contribution in [-0.2, 0) is 30.1 Å². The van der Waals surface area contributed by atoms with Crippen LogP contribution in [0.5, 0.6) is 0 Å². The third-order valence-electron chi connectivity index (χ3n) is 4.71. The van der Waals surface area contributed by atoms with Crippen molar-refractivity contribution in [3.8, 4) is 0 Å². The largest absolute Gasteiger partial charge is 0.468 e. The van der Waals surface area contributed by atoms with Gasteiger partial charge in [0.15, 0.2) is 4.34 Å². The standard InChI is InChI=1S/C18H20Cl2N4O5S3/c1-29-15(25)9-30-18-23-22-17(31-18)21-16(26)11-4-3-7-24(8-11)32(27,28)10-12-13(19)5-2-6-14(12)20/h2,5-6,11H,3-4,7-10H2,1H3,(H,21,22,26)/t11-/m1/s1. The molecule has 0 spiro atoms. The van der Waals surface area contributed by atoms with E-state index < -0.39 is 21.9 Å². The van der Waals surface area contributed by atoms with Crippen LogP contribution in [0.15, 0.2) is 22.5 Å². The van der Waals surface area contributed by atoms with Gasteiger partial charge in [-0.15, -0.1) is 10.2 Å². The third-order valence-corrected chi connectivity index (χ3v) is 9.14. The summed E-state index contributed by atoms with van der Waals surface area (Å²) in [6.07, 6.45) is 1.09. The van der Waals surface area contributed by atoms with Crippen molar-refractivity contribution in [2.45, 2.75) is 22.9 Å². The zero-order valence-electron chi connectivity index (χ0n) is 16.9. The summed E-state index contributed by atoms with van der Waals surface area (Å²) in [5.41, 5.74) is 0.341. The van der Waals surface area contributed by atoms with Crippen LogP contribution in [0.1, 0.15) is 18.4 Å². The Labute approximate surface area is 203 Å². The molecule has 32 heavy (non-hydrogen) atoms. The lowest BCUT2D eigenvalue weighted by molar-refractivity contribution is -0.137. The fraction of sp³-hybridized carbons (Fsp3) is 0.444. The number of sulfonamides is 1. The molecule has 0 bridgehead atoms. The summed E-state index contributed by atoms with van der Waals surface area (Å²) >= 11 is 14.5. The molecule has 2 aromatic rings. The zero-order valence-corrected chi connectivity index (χ0v) is 20.9. The predicted octanol–water partition coefficient (Wildman–Crippen LogP) is 3.29. The van der Waals surface area contributed by atoms with Gasteiger partial charge in [-0.2, -0.15) is 0 Å². The molecule has 174 valence electrons. The smallest absolute Gasteiger partial charge is 0.316 e. The van der Waals surface area contributed by atoms with Gasteiger partial charge in [-0.1, -0.05) is 52.4 Å². The number of halogens is 2. The van der Waals surface area contributed by atoms with Gasteiger partial charge in [0, 0.05) is 28.7 Å². The van der Waals surface area contributed by atoms with E-state index in [4.69, 9.17) is 23.2 Å². The molecule has 9 nitrogen and oxygen atoms in total. The number of nitrogens with zero attached hydrogens (tertiary/aromatic N) is 3. The molecule has 0 aliphatic carbocycles. The minimum Gasteiger partial charge on any atom is -0.468 e. The van der Waals surface area contributed by atoms with Crippen LogP contribution >= 0.6 is 46.3 Å². The van der Waals surface area contributed by atoms with Crippen molar-refractivity contribution in [1.82, 2.24) is 14.5 Å². The van der Waals surface area contributed by atoms with Crippen LogP contribution in [0.25, 0.3) is 0 Å². The molecule has 1 amide bonds. The van der Waals surface area contributed by atoms with Gasteiger partial charge in [-0.3, -0.25) is 9.59 Å². The number of hydrogen-bond donors (Lipinski definition) is 1. The van der Waals surface area contributed by atoms with Gasteiger partial charge in [0.05, 0.1) is 24.5 Å². The molecule has 1 aromatic heterocycles. The summed E-state index contributed by atoms with van der Waals surface area (Å²) in [6, 6.07) is 4.82. The quantitative estimate of drug-likeness (QED) is 0.309. The van der Waals surface area contributed by atoms with Gasteiger partial charge in [-0.05, 0) is 25.0 Å². The molecular weight excluding hydrogens is 519 g/mol. The summed E-state index contributed by atoms with van der Waals surface area (Å²) in [7, 11) is -2.43. The minimum atomic E-state index is -3.72. The molecule has 2 heterocycles. The first-order chi connectivity index (χ1) is 15.2. The number of esters is 1. The first-order valence-corrected chi connectivity index (χ1v) is 13.6. The van der Waals surface area contributed by atoms with Crippen LogP contribution in [0, 0.1) is 5.92 Å². The second-order valence-corrected chi connectivity index (χ2v) is 11.9. The van der Waals surface area contributed by atoms with Gasteiger partial charge in [-0.25, -0.2) is 12.7 Å². The highest BCUT2D eigenvalue weighted by atomic mass is 35.5. The van der Waals surface area contributed by atoms with Crippen LogP contribution in [-0.4, -0.2) is 60.7 Å². The maximum absolute atomic E-state index is 13.0. The minimum absolute atomic E-state index is 0.0546. The van der Waals surface area contributed by atoms with Gasteiger partial charge < -0.3 is 10.1 Å². The maximum atomic E-state index is 13.0. The Bertz CT molecular complexity index is 1080. The van der Waals surface area contributed by atoms with Crippen LogP contribution < -0.4 is 5.32 Å². The van der Waals surface area contributed by atoms with E-state index in [9.17, 15) is 18.0 Å². The number of aromatic nitrogens is 2. The molecule has 1 aromatic carbocycles. The number of amides is 1. The fourth-order valence-corrected chi connectivity index (χ4v) is 7.01. The van der Waals surface area contributed by atoms with Crippen molar-refractivity contribution in [2.24, 2.45) is 5.92 Å². The average molecular weight is 539 g/mol. The molecule has 1 aliphatic heterocycles. The molecule has 0 radical (unpaired) electrons. The number of piperidine rings is 1. The maximum Gasteiger partial charge on any atom is 0.316 e. The number of anilines is 1. The Morgan fingerprint density at radius 2 is 2.03 bits per heavy atom. The lowest BCUT2D eigenvalue weighted by atomic mass is 9.99. The second-order valence-electron chi connectivity index (χ2n) is 6.88. The highest BCUT2D eigenvalue weighted by molar-refractivity contribution is 8.01. The van der Waals surface area contributed by atoms with Crippen molar-refractivity contribution in [2.75, 3.05) is 31.3 Å². The van der Waals surface area contributed by atoms with Gasteiger partial charge in [0.2, 0.25) is 21.1 Å². The van der Waals surface area contributed by atoms with Crippen LogP contribution in [0.4, 0.5) is 5.13 Å². The topological polar surface area (TPSA) is 119 Å². The number of ether oxygens (including phenoxy) is 1. The van der Waals surface area contributed by atoms with E-state index in [1.54, 1.807) is 18.2 Å². The summed E-state index contributed by atoms with van der Waals surface area (Å²) in [4.78, 5) is 23.9. The molecular formula is C18H20Cl2N4O5S3. The summed E-state index contributed by atoms with van der Waals surface area (Å²) in [5.74, 6) is -1.50. The first kappa shape index (κ1) is 25.2. The fourth-order valence-electron chi connectivity index (χ4n) is 3.06. The normalized spacial score (nSPS) is 17.2. The molecule has 1 atom stereocenters. The van der Waals surface area contributed by atoms with E-state index in [1.807, 2.05) is 0 Å². The zero-order chi connectivity index (χ0) is 23.3. The Kier molecular flexibility index (Phi) is 8.75. The van der Waals surface area contributed by atoms with E-state index >= 15 is 0 Å². The van der Waals surface area contributed by atoms with E-state index in [-0.39, 0.29) is 39.1 Å². The molecule has 3 rings (SSSR count). The van der Waals surface area contributed by atoms with E-state index in [0.29, 0.717) is 29.3 Å². The monoisotopic (exact) mass is 538 g/mol. The summed E-state index contributed by atoms with van der Waals surface area (Å²) in [5, 5.41) is 11.3. The lowest BCUT2D eigenvalue weighted by Crippen LogP contribution is -2.44. The number of benzene rings is 1. The van der Waals surface area contributed by atoms with Crippen molar-refractivity contribution < 1.29 is 22.7 Å². The number of carbonyl (C=O) groups is 2. The number of methoxy groups -OCH3 is 1. The highest BCUT2D eigenvalue weighted by Crippen LogP contribution is 2.30. The molecule has 14 heteroatoms. The molecule has 1 saturated heterocycles. The summed E-state index contributed by atoms with van der Waals surface area (Å²) < 4.78 is 32.3. The van der Waals surface area contributed by atoms with Crippen molar-refractivity contribution >= 4 is 73.3 Å². The number of carbonyl (C=O) groups excluding carboxylic acids is 2. The number of nitrogens with one attached hydrogen (secondary N) is 1. The van der Waals surface area contributed by atoms with Crippen LogP contribution in [0.2, 0.25) is 10.0 Å². The molecule has 1 aliphatic rings. The lowest BCUT2D eigenvalue weighted by Gasteiger charge is -2.31. The van der Waals surface area contributed by atoms with Crippen LogP contribution in [0.3, 0.4) is 0 Å². The van der Waals surface area contributed by atoms with Gasteiger partial charge in [0.1, 0.15) is 0 Å². The number of hydrogen-bond acceptors (Lipinski definition) is 9. The molecule has 0 saturated carbocycles. The average Bonchev–Trinajstić information content (AvgIpc) is 3.22. The number of thioether (sulfide) groups is 1. The van der Waals surface area contributed by atoms with Gasteiger partial charge >= 0.3 is 5.97 Å². The summed E-state index contributed by atoms with van der Waals surface area (Å²) in [6.45, 7) is 0.375. The molecule has 1 N–H and O–H groups in total. The second kappa shape index (κ2) is 11.1. The first-order valence-electron chi connectivity index (χ1n) is 9.44. The van der Waals surface area contributed by atoms with Gasteiger partial charge in [0.25, 0.3) is 0 Å². The Morgan fingerprint density at radius 1 is 1.31 bits per heavy atom. The Hall–Kier alpha value is -1.44. The molecule has 1 fully saturated rings. The van der Waals surface area contributed by atoms with E-state index in [1.165, 1.54) is 11.4 Å².